The van der Waals surface area contributed by atoms with E-state index in [1.54, 1.807) is 29.9 Å². The molecule has 1 amide bonds. The van der Waals surface area contributed by atoms with E-state index in [2.05, 4.69) is 5.10 Å². The zero-order valence-electron chi connectivity index (χ0n) is 12.0. The number of likely N-dealkylation sites (N-methyl/N-ethyl adjacent to an activating group) is 1. The van der Waals surface area contributed by atoms with Gasteiger partial charge in [-0.25, -0.2) is 0 Å². The molecule has 0 spiro atoms. The molecule has 2 rings (SSSR count). The summed E-state index contributed by atoms with van der Waals surface area (Å²) in [7, 11) is 5.27. The summed E-state index contributed by atoms with van der Waals surface area (Å²) in [5, 5.41) is 4.10. The van der Waals surface area contributed by atoms with E-state index in [0.29, 0.717) is 13.0 Å². The lowest BCUT2D eigenvalue weighted by Crippen LogP contribution is -2.27. The van der Waals surface area contributed by atoms with Gasteiger partial charge in [0.15, 0.2) is 0 Å². The maximum absolute atomic E-state index is 12.2. The van der Waals surface area contributed by atoms with E-state index in [9.17, 15) is 4.79 Å². The van der Waals surface area contributed by atoms with E-state index in [0.717, 1.165) is 16.9 Å². The molecule has 0 saturated carbocycles. The molecule has 0 bridgehead atoms. The van der Waals surface area contributed by atoms with Crippen molar-refractivity contribution in [2.45, 2.75) is 13.0 Å². The van der Waals surface area contributed by atoms with Gasteiger partial charge in [0, 0.05) is 38.0 Å². The fourth-order valence-electron chi connectivity index (χ4n) is 2.06. The molecule has 0 atom stereocenters. The number of carbonyl (C=O) groups is 1. The minimum Gasteiger partial charge on any atom is -0.496 e. The van der Waals surface area contributed by atoms with Gasteiger partial charge in [0.2, 0.25) is 5.91 Å². The Bertz CT molecular complexity index is 592. The summed E-state index contributed by atoms with van der Waals surface area (Å²) in [4.78, 5) is 13.9. The Morgan fingerprint density at radius 2 is 2.15 bits per heavy atom. The summed E-state index contributed by atoms with van der Waals surface area (Å²) in [6.07, 6.45) is 4.01. The molecule has 2 aromatic rings. The molecule has 0 radical (unpaired) electrons. The van der Waals surface area contributed by atoms with E-state index in [1.807, 2.05) is 37.5 Å². The van der Waals surface area contributed by atoms with Crippen LogP contribution >= 0.6 is 0 Å². The molecule has 0 aliphatic carbocycles. The van der Waals surface area contributed by atoms with E-state index in [4.69, 9.17) is 4.74 Å². The van der Waals surface area contributed by atoms with Crippen LogP contribution < -0.4 is 4.74 Å². The van der Waals surface area contributed by atoms with Gasteiger partial charge < -0.3 is 9.64 Å². The Kier molecular flexibility index (Phi) is 4.40. The number of nitrogens with zero attached hydrogens (tertiary/aromatic N) is 3. The number of hydrogen-bond donors (Lipinski definition) is 0. The SMILES string of the molecule is COc1ccccc1CC(=O)N(C)Cc1cnn(C)c1. The highest BCUT2D eigenvalue weighted by Gasteiger charge is 2.13. The molecule has 20 heavy (non-hydrogen) atoms. The lowest BCUT2D eigenvalue weighted by molar-refractivity contribution is -0.129. The van der Waals surface area contributed by atoms with E-state index in [-0.39, 0.29) is 5.91 Å². The number of ether oxygens (including phenoxy) is 1. The van der Waals surface area contributed by atoms with Gasteiger partial charge in [0.25, 0.3) is 0 Å². The first-order valence-electron chi connectivity index (χ1n) is 6.43. The topological polar surface area (TPSA) is 47.4 Å². The molecule has 1 aromatic heterocycles. The van der Waals surface area contributed by atoms with Crippen molar-refractivity contribution in [2.24, 2.45) is 7.05 Å². The van der Waals surface area contributed by atoms with Gasteiger partial charge in [0.1, 0.15) is 5.75 Å². The third-order valence-corrected chi connectivity index (χ3v) is 3.14. The van der Waals surface area contributed by atoms with Crippen LogP contribution in [0, 0.1) is 0 Å². The maximum Gasteiger partial charge on any atom is 0.227 e. The first kappa shape index (κ1) is 14.1. The molecule has 0 saturated heterocycles. The van der Waals surface area contributed by atoms with Crippen LogP contribution in [0.2, 0.25) is 0 Å². The summed E-state index contributed by atoms with van der Waals surface area (Å²) in [5.74, 6) is 0.800. The Balaban J connectivity index is 2.00. The summed E-state index contributed by atoms with van der Waals surface area (Å²) in [5.41, 5.74) is 1.92. The molecule has 0 unspecified atom stereocenters. The third-order valence-electron chi connectivity index (χ3n) is 3.14. The van der Waals surface area contributed by atoms with Crippen LogP contribution in [0.3, 0.4) is 0 Å². The molecule has 5 heteroatoms. The van der Waals surface area contributed by atoms with Gasteiger partial charge in [-0.1, -0.05) is 18.2 Å². The van der Waals surface area contributed by atoms with Crippen molar-refractivity contribution >= 4 is 5.91 Å². The number of methoxy groups -OCH3 is 1. The molecule has 106 valence electrons. The summed E-state index contributed by atoms with van der Waals surface area (Å²) in [6, 6.07) is 7.58. The molecular weight excluding hydrogens is 254 g/mol. The quantitative estimate of drug-likeness (QED) is 0.832. The van der Waals surface area contributed by atoms with Crippen LogP contribution in [0.4, 0.5) is 0 Å². The third kappa shape index (κ3) is 3.38. The number of aryl methyl sites for hydroxylation is 1. The van der Waals surface area contributed by atoms with Crippen LogP contribution in [0.5, 0.6) is 5.75 Å². The predicted octanol–water partition coefficient (Wildman–Crippen LogP) is 1.63. The number of rotatable bonds is 5. The average molecular weight is 273 g/mol. The predicted molar refractivity (Wildman–Crippen MR) is 76.4 cm³/mol. The number of amides is 1. The highest BCUT2D eigenvalue weighted by molar-refractivity contribution is 5.79. The Morgan fingerprint density at radius 1 is 1.40 bits per heavy atom. The minimum absolute atomic E-state index is 0.0540. The van der Waals surface area contributed by atoms with Crippen LogP contribution in [-0.4, -0.2) is 34.7 Å². The fourth-order valence-corrected chi connectivity index (χ4v) is 2.06. The molecule has 5 nitrogen and oxygen atoms in total. The number of carbonyl (C=O) groups excluding carboxylic acids is 1. The maximum atomic E-state index is 12.2. The van der Waals surface area contributed by atoms with Crippen molar-refractivity contribution in [3.05, 3.63) is 47.8 Å². The fraction of sp³-hybridized carbons (Fsp3) is 0.333. The van der Waals surface area contributed by atoms with Crippen LogP contribution in [0.25, 0.3) is 0 Å². The Morgan fingerprint density at radius 3 is 2.80 bits per heavy atom. The number of benzene rings is 1. The average Bonchev–Trinajstić information content (AvgIpc) is 2.84. The van der Waals surface area contributed by atoms with Gasteiger partial charge >= 0.3 is 0 Å². The van der Waals surface area contributed by atoms with Crippen LogP contribution in [0.1, 0.15) is 11.1 Å². The van der Waals surface area contributed by atoms with Crippen molar-refractivity contribution in [2.75, 3.05) is 14.2 Å². The molecule has 1 aromatic carbocycles. The molecular formula is C15H19N3O2. The van der Waals surface area contributed by atoms with E-state index < -0.39 is 0 Å². The minimum atomic E-state index is 0.0540. The summed E-state index contributed by atoms with van der Waals surface area (Å²) >= 11 is 0. The molecule has 0 aliphatic heterocycles. The van der Waals surface area contributed by atoms with E-state index in [1.165, 1.54) is 0 Å². The van der Waals surface area contributed by atoms with Crippen LogP contribution in [-0.2, 0) is 24.8 Å². The Labute approximate surface area is 118 Å². The zero-order chi connectivity index (χ0) is 14.5. The largest absolute Gasteiger partial charge is 0.496 e. The molecule has 1 heterocycles. The van der Waals surface area contributed by atoms with Gasteiger partial charge in [-0.2, -0.15) is 5.10 Å². The van der Waals surface area contributed by atoms with Gasteiger partial charge in [0.05, 0.1) is 19.7 Å². The van der Waals surface area contributed by atoms with Crippen molar-refractivity contribution in [1.82, 2.24) is 14.7 Å². The monoisotopic (exact) mass is 273 g/mol. The number of aromatic nitrogens is 2. The van der Waals surface area contributed by atoms with Crippen molar-refractivity contribution in [3.63, 3.8) is 0 Å². The van der Waals surface area contributed by atoms with Gasteiger partial charge in [-0.15, -0.1) is 0 Å². The highest BCUT2D eigenvalue weighted by atomic mass is 16.5. The van der Waals surface area contributed by atoms with Gasteiger partial charge in [-0.05, 0) is 6.07 Å². The zero-order valence-corrected chi connectivity index (χ0v) is 12.0. The molecule has 0 N–H and O–H groups in total. The smallest absolute Gasteiger partial charge is 0.227 e. The van der Waals surface area contributed by atoms with Crippen molar-refractivity contribution in [3.8, 4) is 5.75 Å². The first-order chi connectivity index (χ1) is 9.60. The number of para-hydroxylation sites is 1. The molecule has 0 fully saturated rings. The number of hydrogen-bond acceptors (Lipinski definition) is 3. The summed E-state index contributed by atoms with van der Waals surface area (Å²) < 4.78 is 6.99. The lowest BCUT2D eigenvalue weighted by atomic mass is 10.1. The first-order valence-corrected chi connectivity index (χ1v) is 6.43. The Hall–Kier alpha value is -2.30. The van der Waals surface area contributed by atoms with Crippen molar-refractivity contribution < 1.29 is 9.53 Å². The van der Waals surface area contributed by atoms with Gasteiger partial charge in [-0.3, -0.25) is 9.48 Å². The summed E-state index contributed by atoms with van der Waals surface area (Å²) in [6.45, 7) is 0.557. The second kappa shape index (κ2) is 6.23. The highest BCUT2D eigenvalue weighted by Crippen LogP contribution is 2.18. The second-order valence-corrected chi connectivity index (χ2v) is 4.76. The standard InChI is InChI=1S/C15H19N3O2/c1-17(10-12-9-16-18(2)11-12)15(19)8-13-6-4-5-7-14(13)20-3/h4-7,9,11H,8,10H2,1-3H3. The van der Waals surface area contributed by atoms with Crippen molar-refractivity contribution in [1.29, 1.82) is 0 Å². The van der Waals surface area contributed by atoms with E-state index >= 15 is 0 Å². The van der Waals surface area contributed by atoms with Crippen LogP contribution in [0.15, 0.2) is 36.7 Å². The molecule has 0 aliphatic rings. The second-order valence-electron chi connectivity index (χ2n) is 4.76. The lowest BCUT2D eigenvalue weighted by Gasteiger charge is -2.17. The normalized spacial score (nSPS) is 10.3.